The maximum absolute atomic E-state index is 11.0. The first kappa shape index (κ1) is 37.8. The first-order valence-corrected chi connectivity index (χ1v) is 12.2. The number of ketones is 1. The largest absolute Gasteiger partial charge is 1.00 e. The second kappa shape index (κ2) is 31.7. The third-order valence-electron chi connectivity index (χ3n) is 4.30. The zero-order chi connectivity index (χ0) is 22.9. The summed E-state index contributed by atoms with van der Waals surface area (Å²) in [6.07, 6.45) is 11.6. The molecule has 170 valence electrons. The average Bonchev–Trinajstić information content (AvgIpc) is 2.78. The normalized spacial score (nSPS) is 9.87. The van der Waals surface area contributed by atoms with Crippen molar-refractivity contribution in [1.29, 1.82) is 0 Å². The van der Waals surface area contributed by atoms with Crippen molar-refractivity contribution in [3.05, 3.63) is 35.9 Å². The molecule has 0 spiro atoms. The molecule has 0 fully saturated rings. The fraction of sp³-hybridized carbons (Fsp3) is 0.680. The Bertz CT molecular complexity index is 463. The predicted octanol–water partition coefficient (Wildman–Crippen LogP) is 3.48. The Labute approximate surface area is 234 Å². The van der Waals surface area contributed by atoms with Crippen LogP contribution < -0.4 is 56.5 Å². The van der Waals surface area contributed by atoms with Crippen LogP contribution in [0, 0.1) is 5.92 Å². The molecule has 0 aliphatic heterocycles. The Morgan fingerprint density at radius 3 is 1.77 bits per heavy atom. The number of benzene rings is 1. The Kier molecular flexibility index (Phi) is 39.9. The van der Waals surface area contributed by atoms with Gasteiger partial charge in [-0.05, 0) is 31.1 Å². The van der Waals surface area contributed by atoms with Crippen molar-refractivity contribution in [2.24, 2.45) is 5.92 Å². The minimum absolute atomic E-state index is 0. The molecule has 30 heavy (non-hydrogen) atoms. The van der Waals surface area contributed by atoms with Crippen molar-refractivity contribution in [3.63, 3.8) is 0 Å². The second-order valence-corrected chi connectivity index (χ2v) is 7.66. The van der Waals surface area contributed by atoms with E-state index in [1.807, 2.05) is 50.4 Å². The van der Waals surface area contributed by atoms with Crippen LogP contribution in [0.15, 0.2) is 30.3 Å². The third kappa shape index (κ3) is 28.5. The van der Waals surface area contributed by atoms with Gasteiger partial charge in [0.1, 0.15) is 5.78 Å². The minimum atomic E-state index is 0. The monoisotopic (exact) mass is 464 g/mol. The summed E-state index contributed by atoms with van der Waals surface area (Å²) in [5.41, 5.74) is 1.24. The third-order valence-corrected chi connectivity index (χ3v) is 4.96. The summed E-state index contributed by atoms with van der Waals surface area (Å²) in [6, 6.07) is 10.1. The van der Waals surface area contributed by atoms with Gasteiger partial charge in [0.2, 0.25) is 0 Å². The summed E-state index contributed by atoms with van der Waals surface area (Å²) in [7, 11) is 0.750. The van der Waals surface area contributed by atoms with Crippen molar-refractivity contribution in [1.82, 2.24) is 0 Å². The maximum Gasteiger partial charge on any atom is 1.00 e. The molecule has 0 aliphatic rings. The van der Waals surface area contributed by atoms with Crippen LogP contribution in [-0.2, 0) is 16.0 Å². The van der Waals surface area contributed by atoms with Gasteiger partial charge in [-0.15, -0.1) is 0 Å². The van der Waals surface area contributed by atoms with E-state index in [1.54, 1.807) is 0 Å². The molecule has 0 radical (unpaired) electrons. The maximum atomic E-state index is 11.0. The van der Waals surface area contributed by atoms with Crippen LogP contribution in [-0.4, -0.2) is 24.3 Å². The van der Waals surface area contributed by atoms with Crippen molar-refractivity contribution < 1.29 is 66.1 Å². The van der Waals surface area contributed by atoms with Crippen LogP contribution in [0.25, 0.3) is 0 Å². The van der Waals surface area contributed by atoms with Crippen molar-refractivity contribution >= 4 is 22.7 Å². The van der Waals surface area contributed by atoms with E-state index in [1.165, 1.54) is 43.0 Å². The molecule has 0 saturated heterocycles. The molecule has 0 aromatic heterocycles. The van der Waals surface area contributed by atoms with Crippen LogP contribution in [0.4, 0.5) is 0 Å². The summed E-state index contributed by atoms with van der Waals surface area (Å²) in [6.45, 7) is 10.6. The number of carbonyl (C=O) groups is 2. The van der Waals surface area contributed by atoms with Crippen molar-refractivity contribution in [2.75, 3.05) is 13.4 Å². The first-order chi connectivity index (χ1) is 14.0. The van der Waals surface area contributed by atoms with Crippen molar-refractivity contribution in [2.45, 2.75) is 92.4 Å². The van der Waals surface area contributed by atoms with E-state index >= 15 is 0 Å². The molecule has 1 atom stereocenters. The van der Waals surface area contributed by atoms with E-state index in [0.29, 0.717) is 12.2 Å². The van der Waals surface area contributed by atoms with Crippen LogP contribution in [0.3, 0.4) is 0 Å². The average molecular weight is 465 g/mol. The molecule has 0 heterocycles. The zero-order valence-electron chi connectivity index (χ0n) is 21.0. The number of hydrogen-bond acceptors (Lipinski definition) is 4. The smallest absolute Gasteiger partial charge is 0.857 e. The number of hydrogen-bond donors (Lipinski definition) is 0. The van der Waals surface area contributed by atoms with Gasteiger partial charge in [0.25, 0.3) is 0 Å². The van der Waals surface area contributed by atoms with Crippen LogP contribution in [0.5, 0.6) is 0 Å². The Balaban J connectivity index is -0.000000168. The number of Topliss-reactive ketones (excluding diaryl/α,β-unsaturated/α-hetero) is 1. The van der Waals surface area contributed by atoms with Gasteiger partial charge in [0, 0.05) is 18.8 Å². The fourth-order valence-electron chi connectivity index (χ4n) is 2.21. The van der Waals surface area contributed by atoms with Crippen molar-refractivity contribution in [3.8, 4) is 0 Å². The fourth-order valence-corrected chi connectivity index (χ4v) is 2.52. The summed E-state index contributed by atoms with van der Waals surface area (Å²) < 4.78 is 0. The van der Waals surface area contributed by atoms with Gasteiger partial charge in [-0.3, -0.25) is 9.59 Å². The molecule has 1 aromatic carbocycles. The number of rotatable bonds is 10. The molecule has 0 aliphatic carbocycles. The Morgan fingerprint density at radius 1 is 0.900 bits per heavy atom. The van der Waals surface area contributed by atoms with Crippen LogP contribution in [0.1, 0.15) is 91.5 Å². The van der Waals surface area contributed by atoms with Gasteiger partial charge in [-0.2, -0.15) is 7.11 Å². The molecular formula is C25H45KO3S. The number of aryl methyl sites for hydroxylation is 1. The van der Waals surface area contributed by atoms with Crippen LogP contribution in [0.2, 0.25) is 0 Å². The van der Waals surface area contributed by atoms with E-state index in [-0.39, 0.29) is 62.4 Å². The molecule has 3 nitrogen and oxygen atoms in total. The molecule has 5 heteroatoms. The van der Waals surface area contributed by atoms with E-state index in [4.69, 9.17) is 5.11 Å². The van der Waals surface area contributed by atoms with E-state index in [2.05, 4.69) is 20.8 Å². The second-order valence-electron chi connectivity index (χ2n) is 6.79. The van der Waals surface area contributed by atoms with Gasteiger partial charge in [0.05, 0.1) is 0 Å². The van der Waals surface area contributed by atoms with Gasteiger partial charge < -0.3 is 5.11 Å². The number of carbonyl (C=O) groups excluding carboxylic acids is 2. The molecule has 1 rings (SSSR count). The predicted molar refractivity (Wildman–Crippen MR) is 128 cm³/mol. The number of thioether (sulfide) groups is 1. The molecule has 1 aromatic rings. The first-order valence-electron chi connectivity index (χ1n) is 11.0. The van der Waals surface area contributed by atoms with Gasteiger partial charge in [-0.1, -0.05) is 102 Å². The standard InChI is InChI=1S/C10H12OS.C8H16O.C6H14.CH3O.K/c1-12-10(11)8-7-9-5-3-2-4-6-9;1-4-6-8(9)7(3)5-2;1-3-5-6-4-2;1-2;/h2-6H,7-8H2,1H3;7H,4-6H2,1-3H3;3-6H2,1-2H3;1H3;/q;;;-1;+1. The van der Waals surface area contributed by atoms with E-state index in [0.717, 1.165) is 32.8 Å². The minimum Gasteiger partial charge on any atom is -0.857 e. The molecular weight excluding hydrogens is 419 g/mol. The van der Waals surface area contributed by atoms with E-state index < -0.39 is 0 Å². The SMILES string of the molecule is CCCC(=O)C(C)CC.CCCCCC.CSC(=O)CCc1ccccc1.C[O-].[K+]. The quantitative estimate of drug-likeness (QED) is 0.393. The summed E-state index contributed by atoms with van der Waals surface area (Å²) in [4.78, 5) is 21.9. The van der Waals surface area contributed by atoms with Gasteiger partial charge >= 0.3 is 51.4 Å². The molecule has 0 amide bonds. The molecule has 1 unspecified atom stereocenters. The zero-order valence-corrected chi connectivity index (χ0v) is 24.9. The molecule has 0 saturated carbocycles. The molecule has 0 bridgehead atoms. The molecule has 0 N–H and O–H groups in total. The van der Waals surface area contributed by atoms with Gasteiger partial charge in [-0.25, -0.2) is 0 Å². The summed E-state index contributed by atoms with van der Waals surface area (Å²) in [5.74, 6) is 0.699. The Morgan fingerprint density at radius 2 is 1.40 bits per heavy atom. The summed E-state index contributed by atoms with van der Waals surface area (Å²) in [5, 5.41) is 8.51. The topological polar surface area (TPSA) is 57.2 Å². The van der Waals surface area contributed by atoms with E-state index in [9.17, 15) is 9.59 Å². The van der Waals surface area contributed by atoms with Crippen LogP contribution >= 0.6 is 11.8 Å². The van der Waals surface area contributed by atoms with Gasteiger partial charge in [0.15, 0.2) is 5.12 Å². The number of unbranched alkanes of at least 4 members (excludes halogenated alkanes) is 3. The Hall–Kier alpha value is 0.506. The summed E-state index contributed by atoms with van der Waals surface area (Å²) >= 11 is 1.31.